The van der Waals surface area contributed by atoms with Gasteiger partial charge in [-0.25, -0.2) is 0 Å². The van der Waals surface area contributed by atoms with E-state index in [1.54, 1.807) is 0 Å². The molecule has 1 N–H and O–H groups in total. The van der Waals surface area contributed by atoms with Gasteiger partial charge in [0, 0.05) is 33.2 Å². The molecule has 2 unspecified atom stereocenters. The number of hydrogen-bond donors (Lipinski definition) is 1. The van der Waals surface area contributed by atoms with Gasteiger partial charge < -0.3 is 10.2 Å². The number of likely N-dealkylation sites (N-methyl/N-ethyl adjacent to an activating group) is 1. The lowest BCUT2D eigenvalue weighted by atomic mass is 9.86. The summed E-state index contributed by atoms with van der Waals surface area (Å²) in [6.07, 6.45) is -8.75. The van der Waals surface area contributed by atoms with E-state index in [1.165, 1.54) is 18.9 Å². The summed E-state index contributed by atoms with van der Waals surface area (Å²) in [5.41, 5.74) is -2.14. The SMILES string of the molecule is CC(c1cc(C(F)(F)F)cc(C(F)(F)F)c1)N(C)C(=O)C1(N2CCNCC2)CCc2ccccc21. The van der Waals surface area contributed by atoms with Crippen molar-refractivity contribution < 1.29 is 31.1 Å². The second kappa shape index (κ2) is 9.13. The first kappa shape index (κ1) is 25.5. The largest absolute Gasteiger partial charge is 0.416 e. The average molecular weight is 499 g/mol. The van der Waals surface area contributed by atoms with E-state index in [-0.39, 0.29) is 17.5 Å². The summed E-state index contributed by atoms with van der Waals surface area (Å²) >= 11 is 0. The van der Waals surface area contributed by atoms with Gasteiger partial charge in [0.2, 0.25) is 5.91 Å². The van der Waals surface area contributed by atoms with Gasteiger partial charge in [-0.05, 0) is 54.7 Å². The standard InChI is InChI=1S/C25H27F6N3O/c1-16(18-13-19(24(26,27)28)15-20(14-18)25(29,30)31)33(2)22(35)23(34-11-9-32-10-12-34)8-7-17-5-3-4-6-21(17)23/h3-6,13-16,32H,7-12H2,1-2H3. The van der Waals surface area contributed by atoms with Crippen LogP contribution in [-0.2, 0) is 29.1 Å². The van der Waals surface area contributed by atoms with E-state index in [2.05, 4.69) is 10.2 Å². The maximum absolute atomic E-state index is 14.1. The highest BCUT2D eigenvalue weighted by Gasteiger charge is 2.51. The Bertz CT molecular complexity index is 1060. The zero-order valence-electron chi connectivity index (χ0n) is 19.4. The Morgan fingerprint density at radius 3 is 2.14 bits per heavy atom. The summed E-state index contributed by atoms with van der Waals surface area (Å²) in [7, 11) is 1.45. The van der Waals surface area contributed by atoms with Crippen LogP contribution in [-0.4, -0.2) is 48.9 Å². The van der Waals surface area contributed by atoms with Gasteiger partial charge in [0.1, 0.15) is 5.54 Å². The van der Waals surface area contributed by atoms with Crippen molar-refractivity contribution in [3.8, 4) is 0 Å². The van der Waals surface area contributed by atoms with Crippen LogP contribution in [0.4, 0.5) is 26.3 Å². The fraction of sp³-hybridized carbons (Fsp3) is 0.480. The van der Waals surface area contributed by atoms with Crippen molar-refractivity contribution in [1.82, 2.24) is 15.1 Å². The van der Waals surface area contributed by atoms with Crippen LogP contribution in [0.15, 0.2) is 42.5 Å². The van der Waals surface area contributed by atoms with Gasteiger partial charge >= 0.3 is 12.4 Å². The van der Waals surface area contributed by atoms with Crippen LogP contribution in [0.2, 0.25) is 0 Å². The number of carbonyl (C=O) groups excluding carboxylic acids is 1. The number of halogens is 6. The Kier molecular flexibility index (Phi) is 6.65. The van der Waals surface area contributed by atoms with Crippen molar-refractivity contribution in [2.24, 2.45) is 0 Å². The smallest absolute Gasteiger partial charge is 0.337 e. The summed E-state index contributed by atoms with van der Waals surface area (Å²) in [6, 6.07) is 8.08. The summed E-state index contributed by atoms with van der Waals surface area (Å²) in [4.78, 5) is 17.5. The minimum absolute atomic E-state index is 0.105. The van der Waals surface area contributed by atoms with E-state index < -0.39 is 35.1 Å². The summed E-state index contributed by atoms with van der Waals surface area (Å²) in [5, 5.41) is 3.26. The molecule has 1 aliphatic heterocycles. The van der Waals surface area contributed by atoms with Crippen molar-refractivity contribution in [2.45, 2.75) is 43.7 Å². The van der Waals surface area contributed by atoms with Crippen molar-refractivity contribution in [3.05, 3.63) is 70.3 Å². The molecule has 0 saturated carbocycles. The quantitative estimate of drug-likeness (QED) is 0.603. The minimum atomic E-state index is -4.95. The van der Waals surface area contributed by atoms with Crippen molar-refractivity contribution >= 4 is 5.91 Å². The first-order chi connectivity index (χ1) is 16.4. The number of alkyl halides is 6. The average Bonchev–Trinajstić information content (AvgIpc) is 3.22. The molecule has 4 rings (SSSR count). The number of piperazine rings is 1. The maximum Gasteiger partial charge on any atom is 0.416 e. The number of nitrogens with zero attached hydrogens (tertiary/aromatic N) is 2. The lowest BCUT2D eigenvalue weighted by Crippen LogP contribution is -2.60. The molecule has 2 aliphatic rings. The number of amides is 1. The Hall–Kier alpha value is -2.59. The van der Waals surface area contributed by atoms with E-state index in [4.69, 9.17) is 0 Å². The zero-order valence-corrected chi connectivity index (χ0v) is 19.4. The normalized spacial score (nSPS) is 22.1. The predicted molar refractivity (Wildman–Crippen MR) is 119 cm³/mol. The number of hydrogen-bond acceptors (Lipinski definition) is 3. The zero-order chi connectivity index (χ0) is 25.6. The molecule has 10 heteroatoms. The Balaban J connectivity index is 1.75. The second-order valence-corrected chi connectivity index (χ2v) is 9.19. The third-order valence-corrected chi connectivity index (χ3v) is 7.22. The van der Waals surface area contributed by atoms with Crippen molar-refractivity contribution in [2.75, 3.05) is 33.2 Å². The van der Waals surface area contributed by atoms with Crippen LogP contribution in [0, 0.1) is 0 Å². The second-order valence-electron chi connectivity index (χ2n) is 9.19. The molecular formula is C25H27F6N3O. The van der Waals surface area contributed by atoms with Crippen LogP contribution in [0.5, 0.6) is 0 Å². The fourth-order valence-corrected chi connectivity index (χ4v) is 5.24. The van der Waals surface area contributed by atoms with Gasteiger partial charge in [-0.3, -0.25) is 9.69 Å². The number of rotatable bonds is 4. The number of aryl methyl sites for hydroxylation is 1. The summed E-state index contributed by atoms with van der Waals surface area (Å²) in [6.45, 7) is 4.02. The number of nitrogens with one attached hydrogen (secondary N) is 1. The monoisotopic (exact) mass is 499 g/mol. The van der Waals surface area contributed by atoms with Gasteiger partial charge in [-0.15, -0.1) is 0 Å². The summed E-state index contributed by atoms with van der Waals surface area (Å²) in [5.74, 6) is -0.331. The van der Waals surface area contributed by atoms with Crippen molar-refractivity contribution in [3.63, 3.8) is 0 Å². The molecule has 0 spiro atoms. The first-order valence-corrected chi connectivity index (χ1v) is 11.5. The molecule has 0 aromatic heterocycles. The lowest BCUT2D eigenvalue weighted by molar-refractivity contribution is -0.147. The Morgan fingerprint density at radius 1 is 1.00 bits per heavy atom. The molecule has 1 amide bonds. The van der Waals surface area contributed by atoms with Crippen LogP contribution >= 0.6 is 0 Å². The maximum atomic E-state index is 14.1. The highest BCUT2D eigenvalue weighted by Crippen LogP contribution is 2.45. The topological polar surface area (TPSA) is 35.6 Å². The van der Waals surface area contributed by atoms with Gasteiger partial charge in [0.05, 0.1) is 17.2 Å². The van der Waals surface area contributed by atoms with Gasteiger partial charge in [0.15, 0.2) is 0 Å². The molecular weight excluding hydrogens is 472 g/mol. The molecule has 2 atom stereocenters. The highest BCUT2D eigenvalue weighted by molar-refractivity contribution is 5.89. The predicted octanol–water partition coefficient (Wildman–Crippen LogP) is 4.99. The fourth-order valence-electron chi connectivity index (χ4n) is 5.24. The molecule has 2 aromatic carbocycles. The summed E-state index contributed by atoms with van der Waals surface area (Å²) < 4.78 is 80.5. The van der Waals surface area contributed by atoms with Crippen LogP contribution < -0.4 is 5.32 Å². The van der Waals surface area contributed by atoms with E-state index in [0.29, 0.717) is 51.2 Å². The first-order valence-electron chi connectivity index (χ1n) is 11.5. The molecule has 190 valence electrons. The molecule has 4 nitrogen and oxygen atoms in total. The van der Waals surface area contributed by atoms with E-state index in [0.717, 1.165) is 11.1 Å². The molecule has 35 heavy (non-hydrogen) atoms. The van der Waals surface area contributed by atoms with Crippen LogP contribution in [0.1, 0.15) is 47.2 Å². The van der Waals surface area contributed by atoms with E-state index in [1.807, 2.05) is 24.3 Å². The lowest BCUT2D eigenvalue weighted by Gasteiger charge is -2.45. The van der Waals surface area contributed by atoms with E-state index >= 15 is 0 Å². The van der Waals surface area contributed by atoms with Crippen molar-refractivity contribution in [1.29, 1.82) is 0 Å². The number of benzene rings is 2. The highest BCUT2D eigenvalue weighted by atomic mass is 19.4. The molecule has 0 bridgehead atoms. The third kappa shape index (κ3) is 4.65. The Morgan fingerprint density at radius 2 is 1.57 bits per heavy atom. The van der Waals surface area contributed by atoms with Gasteiger partial charge in [-0.2, -0.15) is 26.3 Å². The van der Waals surface area contributed by atoms with Crippen LogP contribution in [0.3, 0.4) is 0 Å². The molecule has 1 saturated heterocycles. The third-order valence-electron chi connectivity index (χ3n) is 7.22. The number of fused-ring (bicyclic) bond motifs is 1. The molecule has 1 fully saturated rings. The van der Waals surface area contributed by atoms with Crippen LogP contribution in [0.25, 0.3) is 0 Å². The molecule has 2 aromatic rings. The van der Waals surface area contributed by atoms with Gasteiger partial charge in [-0.1, -0.05) is 24.3 Å². The molecule has 1 heterocycles. The molecule has 0 radical (unpaired) electrons. The van der Waals surface area contributed by atoms with E-state index in [9.17, 15) is 31.1 Å². The Labute approximate surface area is 199 Å². The van der Waals surface area contributed by atoms with Gasteiger partial charge in [0.25, 0.3) is 0 Å². The minimum Gasteiger partial charge on any atom is -0.337 e. The molecule has 1 aliphatic carbocycles. The number of carbonyl (C=O) groups is 1.